The summed E-state index contributed by atoms with van der Waals surface area (Å²) in [5.74, 6) is 0. The van der Waals surface area contributed by atoms with Crippen molar-refractivity contribution in [1.82, 2.24) is 9.88 Å². The van der Waals surface area contributed by atoms with E-state index in [4.69, 9.17) is 12.2 Å². The summed E-state index contributed by atoms with van der Waals surface area (Å²) in [6.07, 6.45) is 9.52. The summed E-state index contributed by atoms with van der Waals surface area (Å²) in [6, 6.07) is 17.5. The van der Waals surface area contributed by atoms with Gasteiger partial charge >= 0.3 is 0 Å². The third kappa shape index (κ3) is 4.07. The molecular formula is C24H29N3S. The minimum Gasteiger partial charge on any atom is -0.361 e. The third-order valence-electron chi connectivity index (χ3n) is 5.93. The summed E-state index contributed by atoms with van der Waals surface area (Å²) in [5, 5.41) is 5.70. The van der Waals surface area contributed by atoms with Crippen LogP contribution in [0.15, 0.2) is 54.7 Å². The van der Waals surface area contributed by atoms with E-state index in [0.717, 1.165) is 23.8 Å². The molecule has 2 N–H and O–H groups in total. The van der Waals surface area contributed by atoms with E-state index in [1.54, 1.807) is 0 Å². The van der Waals surface area contributed by atoms with Gasteiger partial charge in [-0.1, -0.05) is 62.6 Å². The molecule has 0 amide bonds. The average Bonchev–Trinajstić information content (AvgIpc) is 3.16. The lowest BCUT2D eigenvalue weighted by atomic mass is 9.94. The van der Waals surface area contributed by atoms with Crippen LogP contribution in [0, 0.1) is 0 Å². The van der Waals surface area contributed by atoms with E-state index < -0.39 is 0 Å². The Balaban J connectivity index is 1.60. The molecule has 0 bridgehead atoms. The van der Waals surface area contributed by atoms with Crippen molar-refractivity contribution in [2.24, 2.45) is 0 Å². The number of aromatic amines is 1. The molecule has 0 atom stereocenters. The highest BCUT2D eigenvalue weighted by Gasteiger charge is 2.24. The van der Waals surface area contributed by atoms with Crippen molar-refractivity contribution < 1.29 is 0 Å². The summed E-state index contributed by atoms with van der Waals surface area (Å²) in [4.78, 5) is 5.84. The van der Waals surface area contributed by atoms with E-state index in [-0.39, 0.29) is 0 Å². The predicted molar refractivity (Wildman–Crippen MR) is 123 cm³/mol. The molecule has 1 fully saturated rings. The number of nitrogens with zero attached hydrogens (tertiary/aromatic N) is 1. The van der Waals surface area contributed by atoms with Gasteiger partial charge in [0.05, 0.1) is 0 Å². The standard InChI is InChI=1S/C24H29N3S/c1-2-18-10-6-8-14-22(18)26-24(28)27(20-11-4-3-5-12-20)17-19-16-25-23-15-9-7-13-21(19)23/h6-10,13-16,20,25H,2-5,11-12,17H2,1H3,(H,26,28). The van der Waals surface area contributed by atoms with Gasteiger partial charge in [0.25, 0.3) is 0 Å². The van der Waals surface area contributed by atoms with Gasteiger partial charge in [0.2, 0.25) is 0 Å². The zero-order chi connectivity index (χ0) is 19.3. The first-order valence-corrected chi connectivity index (χ1v) is 10.9. The van der Waals surface area contributed by atoms with Gasteiger partial charge in [0.15, 0.2) is 5.11 Å². The maximum Gasteiger partial charge on any atom is 0.173 e. The molecule has 4 heteroatoms. The van der Waals surface area contributed by atoms with Crippen LogP contribution in [0.2, 0.25) is 0 Å². The number of anilines is 1. The molecule has 1 aliphatic rings. The van der Waals surface area contributed by atoms with Crippen LogP contribution in [0.5, 0.6) is 0 Å². The van der Waals surface area contributed by atoms with Crippen molar-refractivity contribution in [3.63, 3.8) is 0 Å². The SMILES string of the molecule is CCc1ccccc1NC(=S)N(Cc1c[nH]c2ccccc12)C1CCCCC1. The van der Waals surface area contributed by atoms with Crippen molar-refractivity contribution in [1.29, 1.82) is 0 Å². The van der Waals surface area contributed by atoms with Gasteiger partial charge in [-0.25, -0.2) is 0 Å². The number of nitrogens with one attached hydrogen (secondary N) is 2. The molecule has 2 aromatic carbocycles. The van der Waals surface area contributed by atoms with Crippen molar-refractivity contribution in [3.05, 3.63) is 65.9 Å². The second kappa shape index (κ2) is 8.78. The van der Waals surface area contributed by atoms with E-state index in [9.17, 15) is 0 Å². The highest BCUT2D eigenvalue weighted by Crippen LogP contribution is 2.28. The highest BCUT2D eigenvalue weighted by atomic mass is 32.1. The Morgan fingerprint density at radius 2 is 1.79 bits per heavy atom. The smallest absolute Gasteiger partial charge is 0.173 e. The Labute approximate surface area is 173 Å². The fraction of sp³-hybridized carbons (Fsp3) is 0.375. The number of hydrogen-bond acceptors (Lipinski definition) is 1. The fourth-order valence-corrected chi connectivity index (χ4v) is 4.67. The molecule has 3 aromatic rings. The minimum absolute atomic E-state index is 0.510. The van der Waals surface area contributed by atoms with Crippen molar-refractivity contribution >= 4 is 33.9 Å². The van der Waals surface area contributed by atoms with Crippen LogP contribution in [-0.2, 0) is 13.0 Å². The van der Waals surface area contributed by atoms with Gasteiger partial charge in [-0.2, -0.15) is 0 Å². The molecule has 146 valence electrons. The van der Waals surface area contributed by atoms with Crippen LogP contribution in [0.1, 0.15) is 50.2 Å². The highest BCUT2D eigenvalue weighted by molar-refractivity contribution is 7.80. The second-order valence-corrected chi connectivity index (χ2v) is 8.11. The number of benzene rings is 2. The number of para-hydroxylation sites is 2. The lowest BCUT2D eigenvalue weighted by Crippen LogP contribution is -2.43. The average molecular weight is 392 g/mol. The number of H-pyrrole nitrogens is 1. The first-order valence-electron chi connectivity index (χ1n) is 10.5. The molecule has 1 aliphatic carbocycles. The molecule has 28 heavy (non-hydrogen) atoms. The van der Waals surface area contributed by atoms with Gasteiger partial charge in [0.1, 0.15) is 0 Å². The lowest BCUT2D eigenvalue weighted by molar-refractivity contribution is 0.241. The number of aryl methyl sites for hydroxylation is 1. The van der Waals surface area contributed by atoms with E-state index >= 15 is 0 Å². The Hall–Kier alpha value is -2.33. The van der Waals surface area contributed by atoms with E-state index in [0.29, 0.717) is 6.04 Å². The van der Waals surface area contributed by atoms with Crippen LogP contribution in [-0.4, -0.2) is 21.0 Å². The first-order chi connectivity index (χ1) is 13.8. The number of hydrogen-bond donors (Lipinski definition) is 2. The molecular weight excluding hydrogens is 362 g/mol. The maximum atomic E-state index is 5.95. The van der Waals surface area contributed by atoms with Crippen molar-refractivity contribution in [2.75, 3.05) is 5.32 Å². The molecule has 0 saturated heterocycles. The van der Waals surface area contributed by atoms with Crippen molar-refractivity contribution in [3.8, 4) is 0 Å². The summed E-state index contributed by atoms with van der Waals surface area (Å²) in [6.45, 7) is 3.03. The number of rotatable bonds is 5. The van der Waals surface area contributed by atoms with Gasteiger partial charge in [-0.15, -0.1) is 0 Å². The number of thiocarbonyl (C=S) groups is 1. The molecule has 0 radical (unpaired) electrons. The fourth-order valence-electron chi connectivity index (χ4n) is 4.34. The normalized spacial score (nSPS) is 14.9. The third-order valence-corrected chi connectivity index (χ3v) is 6.27. The van der Waals surface area contributed by atoms with Gasteiger partial charge in [-0.3, -0.25) is 0 Å². The van der Waals surface area contributed by atoms with Crippen molar-refractivity contribution in [2.45, 2.75) is 58.0 Å². The lowest BCUT2D eigenvalue weighted by Gasteiger charge is -2.36. The monoisotopic (exact) mass is 391 g/mol. The quantitative estimate of drug-likeness (QED) is 0.503. The summed E-state index contributed by atoms with van der Waals surface area (Å²) in [7, 11) is 0. The molecule has 1 aromatic heterocycles. The van der Waals surface area contributed by atoms with Crippen LogP contribution in [0.4, 0.5) is 5.69 Å². The molecule has 4 rings (SSSR count). The van der Waals surface area contributed by atoms with Crippen LogP contribution in [0.25, 0.3) is 10.9 Å². The van der Waals surface area contributed by atoms with Gasteiger partial charge < -0.3 is 15.2 Å². The molecule has 1 saturated carbocycles. The molecule has 3 nitrogen and oxygen atoms in total. The van der Waals surface area contributed by atoms with Crippen LogP contribution >= 0.6 is 12.2 Å². The summed E-state index contributed by atoms with van der Waals surface area (Å²) >= 11 is 5.95. The Morgan fingerprint density at radius 1 is 1.04 bits per heavy atom. The van der Waals surface area contributed by atoms with E-state index in [1.807, 2.05) is 0 Å². The Morgan fingerprint density at radius 3 is 2.61 bits per heavy atom. The van der Waals surface area contributed by atoms with Gasteiger partial charge in [-0.05, 0) is 54.7 Å². The first kappa shape index (κ1) is 19.0. The molecule has 0 aliphatic heterocycles. The second-order valence-electron chi connectivity index (χ2n) is 7.72. The van der Waals surface area contributed by atoms with Gasteiger partial charge in [0, 0.05) is 35.4 Å². The Bertz CT molecular complexity index is 940. The molecule has 0 unspecified atom stereocenters. The largest absolute Gasteiger partial charge is 0.361 e. The number of fused-ring (bicyclic) bond motifs is 1. The van der Waals surface area contributed by atoms with Crippen LogP contribution < -0.4 is 5.32 Å². The Kier molecular flexibility index (Phi) is 5.96. The number of aromatic nitrogens is 1. The minimum atomic E-state index is 0.510. The topological polar surface area (TPSA) is 31.1 Å². The van der Waals surface area contributed by atoms with E-state index in [1.165, 1.54) is 54.1 Å². The zero-order valence-electron chi connectivity index (χ0n) is 16.6. The van der Waals surface area contributed by atoms with E-state index in [2.05, 4.69) is 76.9 Å². The predicted octanol–water partition coefficient (Wildman–Crippen LogP) is 6.26. The van der Waals surface area contributed by atoms with Crippen LogP contribution in [0.3, 0.4) is 0 Å². The molecule has 1 heterocycles. The molecule has 0 spiro atoms. The zero-order valence-corrected chi connectivity index (χ0v) is 17.4. The summed E-state index contributed by atoms with van der Waals surface area (Å²) < 4.78 is 0. The maximum absolute atomic E-state index is 5.95. The summed E-state index contributed by atoms with van der Waals surface area (Å²) in [5.41, 5.74) is 4.95.